The number of unbranched alkanes of at least 4 members (excludes halogenated alkanes) is 3. The maximum Gasteiger partial charge on any atom is 0.193 e. The number of aliphatic hydroxyl groups excluding tert-OH is 3. The van der Waals surface area contributed by atoms with E-state index in [9.17, 15) is 30.3 Å². The van der Waals surface area contributed by atoms with Gasteiger partial charge >= 0.3 is 0 Å². The van der Waals surface area contributed by atoms with Crippen molar-refractivity contribution in [2.24, 2.45) is 23.7 Å². The lowest BCUT2D eigenvalue weighted by Gasteiger charge is -2.62. The summed E-state index contributed by atoms with van der Waals surface area (Å²) >= 11 is 0. The van der Waals surface area contributed by atoms with Crippen molar-refractivity contribution >= 4 is 5.78 Å². The number of rotatable bonds is 10. The van der Waals surface area contributed by atoms with Gasteiger partial charge in [0, 0.05) is 11.8 Å². The molecule has 4 aliphatic rings. The summed E-state index contributed by atoms with van der Waals surface area (Å²) in [5.74, 6) is -4.01. The maximum absolute atomic E-state index is 13.6. The predicted octanol–water partition coefficient (Wildman–Crippen LogP) is 3.16. The van der Waals surface area contributed by atoms with Crippen molar-refractivity contribution in [3.63, 3.8) is 0 Å². The van der Waals surface area contributed by atoms with Crippen molar-refractivity contribution in [2.75, 3.05) is 6.61 Å². The molecule has 8 heteroatoms. The Hall–Kier alpha value is -1.65. The number of ether oxygens (including phenoxy) is 2. The van der Waals surface area contributed by atoms with E-state index in [2.05, 4.69) is 19.6 Å². The second-order valence-electron chi connectivity index (χ2n) is 13.5. The van der Waals surface area contributed by atoms with Crippen molar-refractivity contribution in [1.29, 1.82) is 0 Å². The zero-order valence-electron chi connectivity index (χ0n) is 25.6. The molecule has 11 atom stereocenters. The second kappa shape index (κ2) is 10.8. The fraction of sp³-hybridized carbons (Fsp3) is 0.727. The van der Waals surface area contributed by atoms with Crippen molar-refractivity contribution in [1.82, 2.24) is 0 Å². The molecule has 1 aliphatic heterocycles. The molecule has 8 nitrogen and oxygen atoms in total. The van der Waals surface area contributed by atoms with Crippen molar-refractivity contribution < 1.29 is 39.8 Å². The van der Waals surface area contributed by atoms with E-state index in [-0.39, 0.29) is 5.57 Å². The molecule has 2 saturated carbocycles. The lowest BCUT2D eigenvalue weighted by molar-refractivity contribution is -0.301. The SMILES string of the molecule is C=C(C)[C@]1(O)[C@H](C)[C@@H](C)[C@]2(OC(C)(C)/C=C/C=C/CCCCC)C3C=C(C)C(=O)[C@@]3(O)[C@H](O)[C@@]3(CO)O[C@H]3[C@H]2[C@H]1O. The number of epoxide rings is 1. The number of aliphatic hydroxyl groups is 5. The molecule has 3 aliphatic carbocycles. The summed E-state index contributed by atoms with van der Waals surface area (Å²) in [5.41, 5.74) is -7.70. The van der Waals surface area contributed by atoms with E-state index in [0.29, 0.717) is 5.57 Å². The molecule has 1 saturated heterocycles. The molecule has 0 amide bonds. The standard InChI is InChI=1S/C33H50O8/c1-9-10-11-12-13-14-15-16-29(7,8)41-33-22(6)21(5)31(38,19(2)3)26(36)24(33)27-30(18-34,40-27)28(37)32(39)23(33)17-20(4)25(32)35/h13-17,21-24,26-28,34,36-39H,2,9-12,18H2,1,3-8H3/b14-13+,16-15+/t21-,22-,23?,24-,26-,27+,28-,30+,31+,32-,33+/m1/s1. The molecule has 3 fully saturated rings. The van der Waals surface area contributed by atoms with Gasteiger partial charge in [-0.1, -0.05) is 70.6 Å². The summed E-state index contributed by atoms with van der Waals surface area (Å²) in [5, 5.41) is 58.4. The molecule has 0 aromatic carbocycles. The van der Waals surface area contributed by atoms with Gasteiger partial charge in [-0.25, -0.2) is 0 Å². The fourth-order valence-corrected chi connectivity index (χ4v) is 8.15. The van der Waals surface area contributed by atoms with Gasteiger partial charge in [0.15, 0.2) is 11.4 Å². The molecule has 0 spiro atoms. The number of allylic oxidation sites excluding steroid dienone is 3. The minimum absolute atomic E-state index is 0.254. The van der Waals surface area contributed by atoms with Gasteiger partial charge in [0.05, 0.1) is 23.9 Å². The number of fused-ring (bicyclic) bond motifs is 5. The van der Waals surface area contributed by atoms with Crippen LogP contribution in [0.4, 0.5) is 0 Å². The van der Waals surface area contributed by atoms with Crippen LogP contribution < -0.4 is 0 Å². The van der Waals surface area contributed by atoms with Gasteiger partial charge in [-0.2, -0.15) is 0 Å². The summed E-state index contributed by atoms with van der Waals surface area (Å²) < 4.78 is 13.1. The van der Waals surface area contributed by atoms with Crippen LogP contribution in [-0.4, -0.2) is 84.2 Å². The predicted molar refractivity (Wildman–Crippen MR) is 156 cm³/mol. The van der Waals surface area contributed by atoms with E-state index >= 15 is 0 Å². The first-order chi connectivity index (χ1) is 19.0. The minimum Gasteiger partial charge on any atom is -0.393 e. The van der Waals surface area contributed by atoms with Crippen LogP contribution in [0.5, 0.6) is 0 Å². The third-order valence-electron chi connectivity index (χ3n) is 10.6. The molecule has 0 radical (unpaired) electrons. The van der Waals surface area contributed by atoms with Crippen molar-refractivity contribution in [2.45, 2.75) is 120 Å². The minimum atomic E-state index is -2.37. The Morgan fingerprint density at radius 2 is 1.83 bits per heavy atom. The molecule has 4 rings (SSSR count). The van der Waals surface area contributed by atoms with Crippen LogP contribution in [-0.2, 0) is 14.3 Å². The first kappa shape index (κ1) is 32.3. The Kier molecular flexibility index (Phi) is 8.51. The third kappa shape index (κ3) is 4.48. The molecule has 230 valence electrons. The quantitative estimate of drug-likeness (QED) is 0.116. The van der Waals surface area contributed by atoms with E-state index in [1.54, 1.807) is 26.8 Å². The Bertz CT molecular complexity index is 1140. The Morgan fingerprint density at radius 1 is 1.17 bits per heavy atom. The Morgan fingerprint density at radius 3 is 2.41 bits per heavy atom. The normalized spacial score (nSPS) is 45.8. The molecule has 41 heavy (non-hydrogen) atoms. The summed E-state index contributed by atoms with van der Waals surface area (Å²) in [6, 6.07) is 0. The largest absolute Gasteiger partial charge is 0.393 e. The molecular formula is C33H50O8. The zero-order chi connectivity index (χ0) is 30.8. The summed E-state index contributed by atoms with van der Waals surface area (Å²) in [6.45, 7) is 16.1. The molecule has 1 unspecified atom stereocenters. The highest BCUT2D eigenvalue weighted by Crippen LogP contribution is 2.67. The van der Waals surface area contributed by atoms with Crippen LogP contribution in [0.1, 0.15) is 74.1 Å². The van der Waals surface area contributed by atoms with Crippen LogP contribution in [0, 0.1) is 23.7 Å². The van der Waals surface area contributed by atoms with E-state index in [0.717, 1.165) is 19.3 Å². The maximum atomic E-state index is 13.6. The molecule has 5 N–H and O–H groups in total. The topological polar surface area (TPSA) is 140 Å². The summed E-state index contributed by atoms with van der Waals surface area (Å²) in [6.07, 6.45) is 9.58. The molecule has 0 aromatic rings. The van der Waals surface area contributed by atoms with E-state index < -0.39 is 82.4 Å². The average molecular weight is 575 g/mol. The Balaban J connectivity index is 1.90. The average Bonchev–Trinajstić information content (AvgIpc) is 3.60. The Labute approximate surface area is 244 Å². The lowest BCUT2D eigenvalue weighted by Crippen LogP contribution is -2.74. The molecule has 0 aromatic heterocycles. The fourth-order valence-electron chi connectivity index (χ4n) is 8.15. The number of hydrogen-bond donors (Lipinski definition) is 5. The number of ketones is 1. The monoisotopic (exact) mass is 574 g/mol. The van der Waals surface area contributed by atoms with Crippen molar-refractivity contribution in [3.8, 4) is 0 Å². The van der Waals surface area contributed by atoms with Crippen LogP contribution >= 0.6 is 0 Å². The van der Waals surface area contributed by atoms with Gasteiger partial charge in [-0.15, -0.1) is 0 Å². The second-order valence-corrected chi connectivity index (χ2v) is 13.5. The van der Waals surface area contributed by atoms with Gasteiger partial charge in [0.25, 0.3) is 0 Å². The molecule has 0 bridgehead atoms. The van der Waals surface area contributed by atoms with Crippen LogP contribution in [0.3, 0.4) is 0 Å². The van der Waals surface area contributed by atoms with Crippen LogP contribution in [0.25, 0.3) is 0 Å². The first-order valence-electron chi connectivity index (χ1n) is 15.1. The number of carbonyl (C=O) groups is 1. The number of carbonyl (C=O) groups excluding carboxylic acids is 1. The van der Waals surface area contributed by atoms with Gasteiger partial charge in [-0.05, 0) is 63.5 Å². The highest BCUT2D eigenvalue weighted by Gasteiger charge is 2.84. The van der Waals surface area contributed by atoms with Crippen LogP contribution in [0.15, 0.2) is 48.1 Å². The van der Waals surface area contributed by atoms with Gasteiger partial charge in [0.1, 0.15) is 23.4 Å². The van der Waals surface area contributed by atoms with E-state index in [4.69, 9.17) is 9.47 Å². The highest BCUT2D eigenvalue weighted by molar-refractivity contribution is 6.05. The smallest absolute Gasteiger partial charge is 0.193 e. The van der Waals surface area contributed by atoms with E-state index in [1.165, 1.54) is 6.42 Å². The van der Waals surface area contributed by atoms with Crippen LogP contribution in [0.2, 0.25) is 0 Å². The van der Waals surface area contributed by atoms with E-state index in [1.807, 2.05) is 39.0 Å². The van der Waals surface area contributed by atoms with Gasteiger partial charge in [0.2, 0.25) is 0 Å². The zero-order valence-corrected chi connectivity index (χ0v) is 25.6. The van der Waals surface area contributed by atoms with Crippen molar-refractivity contribution in [3.05, 3.63) is 48.1 Å². The number of hydrogen-bond acceptors (Lipinski definition) is 8. The number of Topliss-reactive ketones (excluding diaryl/α,β-unsaturated/α-hetero) is 1. The first-order valence-corrected chi connectivity index (χ1v) is 15.1. The summed E-state index contributed by atoms with van der Waals surface area (Å²) in [7, 11) is 0. The highest BCUT2D eigenvalue weighted by atomic mass is 16.6. The lowest BCUT2D eigenvalue weighted by atomic mass is 9.50. The van der Waals surface area contributed by atoms with Gasteiger partial charge < -0.3 is 35.0 Å². The molecule has 1 heterocycles. The molecular weight excluding hydrogens is 524 g/mol. The summed E-state index contributed by atoms with van der Waals surface area (Å²) in [4.78, 5) is 13.6. The third-order valence-corrected chi connectivity index (χ3v) is 10.6. The van der Waals surface area contributed by atoms with Gasteiger partial charge in [-0.3, -0.25) is 4.79 Å².